The van der Waals surface area contributed by atoms with E-state index in [9.17, 15) is 0 Å². The molecule has 0 saturated heterocycles. The van der Waals surface area contributed by atoms with Crippen LogP contribution in [0.4, 0.5) is 0 Å². The zero-order valence-corrected chi connectivity index (χ0v) is 18.9. The highest BCUT2D eigenvalue weighted by atomic mass is 32.2. The molecule has 1 aromatic carbocycles. The predicted octanol–water partition coefficient (Wildman–Crippen LogP) is 4.73. The third-order valence-electron chi connectivity index (χ3n) is 5.85. The summed E-state index contributed by atoms with van der Waals surface area (Å²) >= 11 is 1.51. The van der Waals surface area contributed by atoms with E-state index < -0.39 is 0 Å². The van der Waals surface area contributed by atoms with Crippen LogP contribution in [0.15, 0.2) is 46.6 Å². The van der Waals surface area contributed by atoms with Crippen molar-refractivity contribution in [2.75, 3.05) is 0 Å². The van der Waals surface area contributed by atoms with Gasteiger partial charge >= 0.3 is 0 Å². The Hall–Kier alpha value is -2.81. The van der Waals surface area contributed by atoms with Gasteiger partial charge in [0.1, 0.15) is 5.03 Å². The molecular weight excluding hydrogens is 408 g/mol. The van der Waals surface area contributed by atoms with Crippen molar-refractivity contribution >= 4 is 17.4 Å². The van der Waals surface area contributed by atoms with Crippen LogP contribution in [-0.2, 0) is 5.41 Å². The largest absolute Gasteiger partial charge is 0.299 e. The lowest BCUT2D eigenvalue weighted by Gasteiger charge is -2.25. The van der Waals surface area contributed by atoms with Gasteiger partial charge in [-0.05, 0) is 58.1 Å². The van der Waals surface area contributed by atoms with E-state index in [4.69, 9.17) is 0 Å². The highest BCUT2D eigenvalue weighted by Gasteiger charge is 2.25. The second-order valence-electron chi connectivity index (χ2n) is 9.10. The number of aromatic nitrogens is 8. The minimum absolute atomic E-state index is 0.122. The Bertz CT molecular complexity index is 1180. The molecule has 3 aromatic heterocycles. The molecule has 0 N–H and O–H groups in total. The molecule has 1 aliphatic carbocycles. The summed E-state index contributed by atoms with van der Waals surface area (Å²) in [5.41, 5.74) is 3.16. The average molecular weight is 435 g/mol. The molecule has 1 saturated carbocycles. The number of tetrazole rings is 1. The van der Waals surface area contributed by atoms with Gasteiger partial charge in [0.25, 0.3) is 0 Å². The molecule has 8 nitrogen and oxygen atoms in total. The molecule has 0 amide bonds. The molecule has 1 fully saturated rings. The molecule has 0 unspecified atom stereocenters. The summed E-state index contributed by atoms with van der Waals surface area (Å²) in [6.45, 7) is 6.70. The van der Waals surface area contributed by atoms with Gasteiger partial charge in [-0.25, -0.2) is 0 Å². The molecule has 3 heterocycles. The smallest absolute Gasteiger partial charge is 0.200 e. The van der Waals surface area contributed by atoms with E-state index in [0.717, 1.165) is 34.4 Å². The van der Waals surface area contributed by atoms with Gasteiger partial charge in [0, 0.05) is 11.6 Å². The van der Waals surface area contributed by atoms with E-state index in [1.54, 1.807) is 0 Å². The van der Waals surface area contributed by atoms with Crippen LogP contribution in [0.25, 0.3) is 17.0 Å². The lowest BCUT2D eigenvalue weighted by molar-refractivity contribution is 0.339. The van der Waals surface area contributed by atoms with Crippen LogP contribution in [0.5, 0.6) is 0 Å². The molecule has 160 valence electrons. The lowest BCUT2D eigenvalue weighted by atomic mass is 9.86. The highest BCUT2D eigenvalue weighted by Crippen LogP contribution is 2.37. The number of nitrogens with zero attached hydrogens (tertiary/aromatic N) is 8. The molecule has 31 heavy (non-hydrogen) atoms. The molecule has 0 aliphatic heterocycles. The Morgan fingerprint density at radius 1 is 0.903 bits per heavy atom. The van der Waals surface area contributed by atoms with Gasteiger partial charge in [-0.2, -0.15) is 0 Å². The van der Waals surface area contributed by atoms with Crippen molar-refractivity contribution < 1.29 is 0 Å². The lowest BCUT2D eigenvalue weighted by Crippen LogP contribution is -2.15. The van der Waals surface area contributed by atoms with Gasteiger partial charge in [-0.15, -0.1) is 25.0 Å². The fraction of sp³-hybridized carbons (Fsp3) is 0.455. The normalized spacial score (nSPS) is 15.6. The van der Waals surface area contributed by atoms with E-state index in [2.05, 4.69) is 80.4 Å². The first kappa shape index (κ1) is 20.1. The number of fused-ring (bicyclic) bond motifs is 1. The van der Waals surface area contributed by atoms with Gasteiger partial charge in [0.2, 0.25) is 0 Å². The van der Waals surface area contributed by atoms with Crippen LogP contribution < -0.4 is 0 Å². The average Bonchev–Trinajstić information content (AvgIpc) is 3.40. The quantitative estimate of drug-likeness (QED) is 0.459. The summed E-state index contributed by atoms with van der Waals surface area (Å²) in [4.78, 5) is 0. The second-order valence-corrected chi connectivity index (χ2v) is 10.1. The summed E-state index contributed by atoms with van der Waals surface area (Å²) in [7, 11) is 0. The van der Waals surface area contributed by atoms with Crippen molar-refractivity contribution in [1.82, 2.24) is 40.0 Å². The molecule has 0 spiro atoms. The maximum Gasteiger partial charge on any atom is 0.200 e. The number of benzene rings is 1. The van der Waals surface area contributed by atoms with Crippen LogP contribution in [0.1, 0.15) is 64.5 Å². The predicted molar refractivity (Wildman–Crippen MR) is 119 cm³/mol. The minimum atomic E-state index is 0.122. The molecular formula is C22H26N8S. The molecule has 0 bridgehead atoms. The monoisotopic (exact) mass is 434 g/mol. The van der Waals surface area contributed by atoms with Gasteiger partial charge < -0.3 is 0 Å². The molecule has 4 aromatic rings. The van der Waals surface area contributed by atoms with Crippen LogP contribution in [0.2, 0.25) is 0 Å². The van der Waals surface area contributed by atoms with Crippen molar-refractivity contribution in [2.24, 2.45) is 0 Å². The van der Waals surface area contributed by atoms with E-state index in [1.807, 2.05) is 12.1 Å². The van der Waals surface area contributed by atoms with Gasteiger partial charge in [-0.3, -0.25) is 4.57 Å². The topological polar surface area (TPSA) is 86.7 Å². The summed E-state index contributed by atoms with van der Waals surface area (Å²) in [6, 6.07) is 12.9. The third kappa shape index (κ3) is 4.06. The maximum absolute atomic E-state index is 4.62. The van der Waals surface area contributed by atoms with Crippen LogP contribution in [0, 0.1) is 0 Å². The third-order valence-corrected chi connectivity index (χ3v) is 6.74. The first-order valence-electron chi connectivity index (χ1n) is 10.8. The van der Waals surface area contributed by atoms with Gasteiger partial charge in [0.15, 0.2) is 16.6 Å². The summed E-state index contributed by atoms with van der Waals surface area (Å²) < 4.78 is 3.76. The standard InChI is InChI=1S/C22H26N8S/c1-22(2,3)16-11-9-15(10-12-16)20-24-25-21(29(20)17-7-5-4-6-8-17)31-19-14-13-18-23-27-28-30(18)26-19/h9-14,17H,4-8H2,1-3H3. The zero-order valence-electron chi connectivity index (χ0n) is 18.1. The SMILES string of the molecule is CC(C)(C)c1ccc(-c2nnc(Sc3ccc4nnnn4n3)n2C2CCCCC2)cc1. The Balaban J connectivity index is 1.53. The van der Waals surface area contributed by atoms with Crippen molar-refractivity contribution in [2.45, 2.75) is 74.5 Å². The van der Waals surface area contributed by atoms with Crippen molar-refractivity contribution in [3.63, 3.8) is 0 Å². The summed E-state index contributed by atoms with van der Waals surface area (Å²) in [6.07, 6.45) is 6.08. The zero-order chi connectivity index (χ0) is 21.4. The van der Waals surface area contributed by atoms with Gasteiger partial charge in [-0.1, -0.05) is 64.3 Å². The van der Waals surface area contributed by atoms with Crippen LogP contribution in [0.3, 0.4) is 0 Å². The van der Waals surface area contributed by atoms with E-state index in [0.29, 0.717) is 11.7 Å². The molecule has 1 aliphatic rings. The van der Waals surface area contributed by atoms with Crippen molar-refractivity contribution in [1.29, 1.82) is 0 Å². The number of rotatable bonds is 4. The second kappa shape index (κ2) is 8.03. The molecule has 5 rings (SSSR count). The van der Waals surface area contributed by atoms with Crippen molar-refractivity contribution in [3.8, 4) is 11.4 Å². The Kier molecular flexibility index (Phi) is 5.21. The van der Waals surface area contributed by atoms with E-state index in [1.165, 1.54) is 41.2 Å². The summed E-state index contributed by atoms with van der Waals surface area (Å²) in [5, 5.41) is 26.8. The number of hydrogen-bond donors (Lipinski definition) is 0. The fourth-order valence-electron chi connectivity index (χ4n) is 4.11. The Morgan fingerprint density at radius 3 is 2.42 bits per heavy atom. The molecule has 0 atom stereocenters. The van der Waals surface area contributed by atoms with E-state index in [-0.39, 0.29) is 5.41 Å². The maximum atomic E-state index is 4.62. The fourth-order valence-corrected chi connectivity index (χ4v) is 4.97. The van der Waals surface area contributed by atoms with Crippen LogP contribution in [-0.4, -0.2) is 40.0 Å². The first-order chi connectivity index (χ1) is 15.0. The Morgan fingerprint density at radius 2 is 1.68 bits per heavy atom. The van der Waals surface area contributed by atoms with Crippen molar-refractivity contribution in [3.05, 3.63) is 42.0 Å². The Labute approximate surface area is 185 Å². The summed E-state index contributed by atoms with van der Waals surface area (Å²) in [5.74, 6) is 0.929. The van der Waals surface area contributed by atoms with E-state index >= 15 is 0 Å². The highest BCUT2D eigenvalue weighted by molar-refractivity contribution is 7.99. The van der Waals surface area contributed by atoms with Crippen LogP contribution >= 0.6 is 11.8 Å². The number of hydrogen-bond acceptors (Lipinski definition) is 7. The first-order valence-corrected chi connectivity index (χ1v) is 11.6. The van der Waals surface area contributed by atoms with Gasteiger partial charge in [0.05, 0.1) is 0 Å². The minimum Gasteiger partial charge on any atom is -0.299 e. The molecule has 9 heteroatoms. The molecule has 0 radical (unpaired) electrons.